The highest BCUT2D eigenvalue weighted by Crippen LogP contribution is 2.25. The van der Waals surface area contributed by atoms with Crippen molar-refractivity contribution in [2.75, 3.05) is 0 Å². The van der Waals surface area contributed by atoms with Crippen molar-refractivity contribution in [2.24, 2.45) is 0 Å². The first-order valence-corrected chi connectivity index (χ1v) is 7.65. The summed E-state index contributed by atoms with van der Waals surface area (Å²) in [5.41, 5.74) is 0.536. The molecule has 1 N–H and O–H groups in total. The Hall–Kier alpha value is -2.61. The van der Waals surface area contributed by atoms with Gasteiger partial charge in [-0.15, -0.1) is 5.10 Å². The molecule has 0 radical (unpaired) electrons. The van der Waals surface area contributed by atoms with E-state index in [1.165, 1.54) is 30.3 Å². The van der Waals surface area contributed by atoms with E-state index in [2.05, 4.69) is 15.2 Å². The van der Waals surface area contributed by atoms with Gasteiger partial charge in [0.05, 0.1) is 11.9 Å². The summed E-state index contributed by atoms with van der Waals surface area (Å²) in [6.07, 6.45) is 2.99. The van der Waals surface area contributed by atoms with Gasteiger partial charge in [-0.3, -0.25) is 5.10 Å². The monoisotopic (exact) mass is 331 g/mol. The number of aromatic nitrogens is 3. The number of aromatic carboxylic acids is 1. The summed E-state index contributed by atoms with van der Waals surface area (Å²) in [5, 5.41) is 28.9. The molecule has 1 aromatic carbocycles. The molecule has 8 heteroatoms. The Balaban J connectivity index is 2.19. The molecule has 0 unspecified atom stereocenters. The number of carbonyl (C=O) groups excluding carboxylic acids is 2. The van der Waals surface area contributed by atoms with Gasteiger partial charge in [0.1, 0.15) is 5.82 Å². The third-order valence-corrected chi connectivity index (χ3v) is 3.71. The first-order valence-electron chi connectivity index (χ1n) is 6.83. The summed E-state index contributed by atoms with van der Waals surface area (Å²) < 4.78 is 0. The van der Waals surface area contributed by atoms with E-state index in [0.29, 0.717) is 11.4 Å². The molecule has 0 bridgehead atoms. The fourth-order valence-electron chi connectivity index (χ4n) is 1.77. The molecular weight excluding hydrogens is 318 g/mol. The van der Waals surface area contributed by atoms with Crippen LogP contribution in [0.25, 0.3) is 6.08 Å². The lowest BCUT2D eigenvalue weighted by molar-refractivity contribution is -0.298. The molecule has 1 aromatic heterocycles. The molecule has 23 heavy (non-hydrogen) atoms. The fourth-order valence-corrected chi connectivity index (χ4v) is 2.49. The number of benzene rings is 1. The topological polar surface area (TPSA) is 122 Å². The van der Waals surface area contributed by atoms with E-state index >= 15 is 0 Å². The zero-order valence-corrected chi connectivity index (χ0v) is 13.1. The lowest BCUT2D eigenvalue weighted by Gasteiger charge is -2.07. The maximum atomic E-state index is 11.2. The van der Waals surface area contributed by atoms with Gasteiger partial charge >= 0.3 is 0 Å². The smallest absolute Gasteiger partial charge is 0.213 e. The van der Waals surface area contributed by atoms with Crippen LogP contribution in [0, 0.1) is 0 Å². The standard InChI is InChI=1S/C15H15N3O4S/c1-2-3-12-16-15(18-17-12)23-11(14(21)22)8-9-4-6-10(7-5-9)13(19)20/h4-8H,2-3H2,1H3,(H,19,20)(H,21,22)(H,16,17,18)/p-2/b11-8+. The Bertz CT molecular complexity index is 737. The van der Waals surface area contributed by atoms with Gasteiger partial charge in [0, 0.05) is 11.3 Å². The van der Waals surface area contributed by atoms with E-state index in [9.17, 15) is 19.8 Å². The van der Waals surface area contributed by atoms with E-state index < -0.39 is 11.9 Å². The minimum atomic E-state index is -1.36. The van der Waals surface area contributed by atoms with Crippen molar-refractivity contribution in [1.29, 1.82) is 0 Å². The van der Waals surface area contributed by atoms with E-state index in [1.807, 2.05) is 6.92 Å². The molecule has 0 spiro atoms. The Kier molecular flexibility index (Phi) is 5.53. The molecule has 0 aliphatic heterocycles. The number of thioether (sulfide) groups is 1. The number of hydrogen-bond donors (Lipinski definition) is 1. The largest absolute Gasteiger partial charge is 0.545 e. The average molecular weight is 331 g/mol. The summed E-state index contributed by atoms with van der Waals surface area (Å²) >= 11 is 0.866. The lowest BCUT2D eigenvalue weighted by Crippen LogP contribution is -2.23. The second-order valence-corrected chi connectivity index (χ2v) is 5.63. The van der Waals surface area contributed by atoms with Crippen molar-refractivity contribution in [3.05, 3.63) is 46.1 Å². The maximum Gasteiger partial charge on any atom is 0.213 e. The SMILES string of the molecule is CCCc1nc(S/C(=C/c2ccc(C(=O)[O-])cc2)C(=O)[O-])n[nH]1. The summed E-state index contributed by atoms with van der Waals surface area (Å²) in [4.78, 5) is 26.0. The van der Waals surface area contributed by atoms with Gasteiger partial charge in [-0.05, 0) is 35.4 Å². The number of hydrogen-bond acceptors (Lipinski definition) is 7. The number of aromatic amines is 1. The van der Waals surface area contributed by atoms with Crippen molar-refractivity contribution < 1.29 is 19.8 Å². The summed E-state index contributed by atoms with van der Waals surface area (Å²) in [5.74, 6) is -1.97. The fraction of sp³-hybridized carbons (Fsp3) is 0.200. The van der Waals surface area contributed by atoms with Gasteiger partial charge in [-0.2, -0.15) is 0 Å². The summed E-state index contributed by atoms with van der Waals surface area (Å²) in [6, 6.07) is 5.64. The van der Waals surface area contributed by atoms with Crippen molar-refractivity contribution in [2.45, 2.75) is 24.9 Å². The van der Waals surface area contributed by atoms with E-state index in [0.717, 1.165) is 24.6 Å². The third-order valence-electron chi connectivity index (χ3n) is 2.84. The Morgan fingerprint density at radius 2 is 1.96 bits per heavy atom. The molecule has 1 heterocycles. The highest BCUT2D eigenvalue weighted by molar-refractivity contribution is 8.04. The molecule has 0 atom stereocenters. The van der Waals surface area contributed by atoms with Gasteiger partial charge in [-0.1, -0.05) is 31.2 Å². The second-order valence-electron chi connectivity index (χ2n) is 4.62. The minimum Gasteiger partial charge on any atom is -0.545 e. The van der Waals surface area contributed by atoms with Crippen LogP contribution in [0.5, 0.6) is 0 Å². The lowest BCUT2D eigenvalue weighted by atomic mass is 10.1. The van der Waals surface area contributed by atoms with Crippen LogP contribution in [0.2, 0.25) is 0 Å². The quantitative estimate of drug-likeness (QED) is 0.560. The highest BCUT2D eigenvalue weighted by Gasteiger charge is 2.08. The minimum absolute atomic E-state index is 0.0166. The number of nitrogens with one attached hydrogen (secondary N) is 1. The molecule has 0 aliphatic carbocycles. The van der Waals surface area contributed by atoms with Crippen molar-refractivity contribution >= 4 is 29.8 Å². The van der Waals surface area contributed by atoms with Gasteiger partial charge < -0.3 is 19.8 Å². The molecule has 2 rings (SSSR count). The molecular formula is C15H13N3O4S-2. The maximum absolute atomic E-state index is 11.2. The van der Waals surface area contributed by atoms with Crippen LogP contribution in [0.15, 0.2) is 34.3 Å². The van der Waals surface area contributed by atoms with Crippen molar-refractivity contribution in [1.82, 2.24) is 15.2 Å². The highest BCUT2D eigenvalue weighted by atomic mass is 32.2. The molecule has 0 fully saturated rings. The number of carboxylic acids is 2. The predicted octanol–water partition coefficient (Wildman–Crippen LogP) is 0.00380. The number of carbonyl (C=O) groups is 2. The Morgan fingerprint density at radius 3 is 2.52 bits per heavy atom. The number of H-pyrrole nitrogens is 1. The zero-order valence-electron chi connectivity index (χ0n) is 12.2. The predicted molar refractivity (Wildman–Crippen MR) is 80.0 cm³/mol. The summed E-state index contributed by atoms with van der Waals surface area (Å²) in [7, 11) is 0. The van der Waals surface area contributed by atoms with Gasteiger partial charge in [0.15, 0.2) is 0 Å². The number of nitrogens with zero attached hydrogens (tertiary/aromatic N) is 2. The Labute approximate surface area is 136 Å². The number of aryl methyl sites for hydroxylation is 1. The zero-order chi connectivity index (χ0) is 16.8. The normalized spacial score (nSPS) is 11.4. The molecule has 2 aromatic rings. The first kappa shape index (κ1) is 16.8. The van der Waals surface area contributed by atoms with Gasteiger partial charge in [-0.25, -0.2) is 4.98 Å². The van der Waals surface area contributed by atoms with Crippen LogP contribution >= 0.6 is 11.8 Å². The van der Waals surface area contributed by atoms with Crippen LogP contribution in [0.3, 0.4) is 0 Å². The van der Waals surface area contributed by atoms with Crippen LogP contribution in [-0.4, -0.2) is 27.1 Å². The van der Waals surface area contributed by atoms with E-state index in [-0.39, 0.29) is 15.6 Å². The second kappa shape index (κ2) is 7.59. The summed E-state index contributed by atoms with van der Waals surface area (Å²) in [6.45, 7) is 2.00. The molecule has 7 nitrogen and oxygen atoms in total. The first-order chi connectivity index (χ1) is 11.0. The molecule has 0 saturated carbocycles. The van der Waals surface area contributed by atoms with Crippen LogP contribution in [-0.2, 0) is 11.2 Å². The van der Waals surface area contributed by atoms with Crippen LogP contribution in [0.1, 0.15) is 35.1 Å². The number of rotatable bonds is 7. The van der Waals surface area contributed by atoms with Crippen molar-refractivity contribution in [3.8, 4) is 0 Å². The number of carboxylic acid groups (broad SMARTS) is 2. The van der Waals surface area contributed by atoms with Gasteiger partial charge in [0.25, 0.3) is 0 Å². The molecule has 0 saturated heterocycles. The average Bonchev–Trinajstić information content (AvgIpc) is 2.95. The van der Waals surface area contributed by atoms with Crippen molar-refractivity contribution in [3.63, 3.8) is 0 Å². The van der Waals surface area contributed by atoms with Crippen LogP contribution < -0.4 is 10.2 Å². The van der Waals surface area contributed by atoms with E-state index in [4.69, 9.17) is 0 Å². The molecule has 0 aliphatic rings. The molecule has 0 amide bonds. The van der Waals surface area contributed by atoms with E-state index in [1.54, 1.807) is 0 Å². The van der Waals surface area contributed by atoms with Crippen LogP contribution in [0.4, 0.5) is 0 Å². The molecule has 120 valence electrons. The third kappa shape index (κ3) is 4.68. The van der Waals surface area contributed by atoms with Gasteiger partial charge in [0.2, 0.25) is 5.16 Å². The number of aliphatic carboxylic acids is 1. The Morgan fingerprint density at radius 1 is 1.26 bits per heavy atom.